The molecule has 0 N–H and O–H groups in total. The maximum absolute atomic E-state index is 13.0. The normalized spacial score (nSPS) is 12.5. The summed E-state index contributed by atoms with van der Waals surface area (Å²) < 4.78 is 11.3. The minimum absolute atomic E-state index is 0.181. The SMILES string of the molecule is CCCCC(CC)Cc1ccc(OC(=O)c2ccccc2C(=O)Oc2ccc(CC(CC)CCCC)cc2)cc1. The van der Waals surface area contributed by atoms with E-state index in [4.69, 9.17) is 9.47 Å². The Morgan fingerprint density at radius 2 is 0.950 bits per heavy atom. The van der Waals surface area contributed by atoms with Crippen molar-refractivity contribution in [3.05, 3.63) is 95.1 Å². The van der Waals surface area contributed by atoms with Crippen molar-refractivity contribution < 1.29 is 19.1 Å². The van der Waals surface area contributed by atoms with Crippen molar-refractivity contribution in [3.63, 3.8) is 0 Å². The number of ether oxygens (including phenoxy) is 2. The molecule has 0 aliphatic heterocycles. The number of esters is 2. The molecule has 3 aromatic carbocycles. The zero-order valence-electron chi connectivity index (χ0n) is 24.8. The van der Waals surface area contributed by atoms with Gasteiger partial charge in [-0.3, -0.25) is 0 Å². The molecule has 0 amide bonds. The Morgan fingerprint density at radius 3 is 1.27 bits per heavy atom. The quantitative estimate of drug-likeness (QED) is 0.134. The van der Waals surface area contributed by atoms with Gasteiger partial charge in [0.25, 0.3) is 0 Å². The van der Waals surface area contributed by atoms with Crippen LogP contribution in [0.1, 0.15) is 111 Å². The molecule has 0 aliphatic carbocycles. The highest BCUT2D eigenvalue weighted by Crippen LogP contribution is 2.24. The van der Waals surface area contributed by atoms with Gasteiger partial charge in [0.1, 0.15) is 11.5 Å². The van der Waals surface area contributed by atoms with E-state index in [9.17, 15) is 9.59 Å². The van der Waals surface area contributed by atoms with E-state index < -0.39 is 11.9 Å². The van der Waals surface area contributed by atoms with E-state index in [1.807, 2.05) is 48.5 Å². The Balaban J connectivity index is 1.62. The predicted octanol–water partition coefficient (Wildman–Crippen LogP) is 9.64. The monoisotopic (exact) mass is 542 g/mol. The Morgan fingerprint density at radius 1 is 0.575 bits per heavy atom. The molecular weight excluding hydrogens is 496 g/mol. The van der Waals surface area contributed by atoms with Crippen LogP contribution in [-0.4, -0.2) is 11.9 Å². The number of unbranched alkanes of at least 4 members (excludes halogenated alkanes) is 2. The van der Waals surface area contributed by atoms with Gasteiger partial charge in [0.15, 0.2) is 0 Å². The molecule has 2 unspecified atom stereocenters. The Labute approximate surface area is 241 Å². The molecule has 3 rings (SSSR count). The molecule has 0 spiro atoms. The number of hydrogen-bond donors (Lipinski definition) is 0. The zero-order valence-corrected chi connectivity index (χ0v) is 24.8. The first kappa shape index (κ1) is 31.1. The van der Waals surface area contributed by atoms with E-state index in [0.717, 1.165) is 25.7 Å². The molecule has 214 valence electrons. The molecular formula is C36H46O4. The van der Waals surface area contributed by atoms with Crippen molar-refractivity contribution >= 4 is 11.9 Å². The Hall–Kier alpha value is -3.40. The molecule has 4 nitrogen and oxygen atoms in total. The molecule has 0 aliphatic rings. The van der Waals surface area contributed by atoms with Crippen molar-refractivity contribution in [3.8, 4) is 11.5 Å². The number of benzene rings is 3. The van der Waals surface area contributed by atoms with E-state index in [1.165, 1.54) is 49.7 Å². The molecule has 0 bridgehead atoms. The van der Waals surface area contributed by atoms with Gasteiger partial charge in [0.05, 0.1) is 11.1 Å². The highest BCUT2D eigenvalue weighted by molar-refractivity contribution is 6.04. The molecule has 0 saturated carbocycles. The summed E-state index contributed by atoms with van der Waals surface area (Å²) in [5.41, 5.74) is 2.84. The topological polar surface area (TPSA) is 52.6 Å². The van der Waals surface area contributed by atoms with Crippen LogP contribution in [0.25, 0.3) is 0 Å². The van der Waals surface area contributed by atoms with Crippen LogP contribution in [0, 0.1) is 11.8 Å². The van der Waals surface area contributed by atoms with Crippen molar-refractivity contribution in [2.45, 2.75) is 91.9 Å². The minimum Gasteiger partial charge on any atom is -0.423 e. The van der Waals surface area contributed by atoms with Gasteiger partial charge in [0.2, 0.25) is 0 Å². The smallest absolute Gasteiger partial charge is 0.344 e. The predicted molar refractivity (Wildman–Crippen MR) is 163 cm³/mol. The van der Waals surface area contributed by atoms with Gasteiger partial charge in [-0.1, -0.05) is 115 Å². The third-order valence-electron chi connectivity index (χ3n) is 7.77. The summed E-state index contributed by atoms with van der Waals surface area (Å²) in [6, 6.07) is 22.0. The second-order valence-electron chi connectivity index (χ2n) is 10.9. The summed E-state index contributed by atoms with van der Waals surface area (Å²) in [7, 11) is 0. The molecule has 40 heavy (non-hydrogen) atoms. The number of carbonyl (C=O) groups excluding carboxylic acids is 2. The largest absolute Gasteiger partial charge is 0.423 e. The van der Waals surface area contributed by atoms with Crippen molar-refractivity contribution in [1.82, 2.24) is 0 Å². The van der Waals surface area contributed by atoms with Crippen LogP contribution in [0.3, 0.4) is 0 Å². The highest BCUT2D eigenvalue weighted by Gasteiger charge is 2.20. The summed E-state index contributed by atoms with van der Waals surface area (Å²) in [5.74, 6) is 1.09. The second-order valence-corrected chi connectivity index (χ2v) is 10.9. The average Bonchev–Trinajstić information content (AvgIpc) is 2.99. The lowest BCUT2D eigenvalue weighted by atomic mass is 9.92. The fourth-order valence-corrected chi connectivity index (χ4v) is 5.10. The summed E-state index contributed by atoms with van der Waals surface area (Å²) >= 11 is 0. The van der Waals surface area contributed by atoms with Crippen molar-refractivity contribution in [1.29, 1.82) is 0 Å². The van der Waals surface area contributed by atoms with E-state index in [0.29, 0.717) is 23.3 Å². The maximum Gasteiger partial charge on any atom is 0.344 e. The second kappa shape index (κ2) is 16.6. The van der Waals surface area contributed by atoms with Crippen LogP contribution in [-0.2, 0) is 12.8 Å². The number of carbonyl (C=O) groups is 2. The fraction of sp³-hybridized carbons (Fsp3) is 0.444. The summed E-state index contributed by atoms with van der Waals surface area (Å²) in [4.78, 5) is 26.1. The van der Waals surface area contributed by atoms with Gasteiger partial charge in [-0.25, -0.2) is 9.59 Å². The third-order valence-corrected chi connectivity index (χ3v) is 7.77. The van der Waals surface area contributed by atoms with Gasteiger partial charge in [-0.15, -0.1) is 0 Å². The van der Waals surface area contributed by atoms with Gasteiger partial charge in [-0.2, -0.15) is 0 Å². The first-order valence-corrected chi connectivity index (χ1v) is 15.2. The molecule has 0 radical (unpaired) electrons. The summed E-state index contributed by atoms with van der Waals surface area (Å²) in [5, 5.41) is 0. The van der Waals surface area contributed by atoms with Gasteiger partial charge < -0.3 is 9.47 Å². The first-order valence-electron chi connectivity index (χ1n) is 15.2. The number of rotatable bonds is 16. The average molecular weight is 543 g/mol. The van der Waals surface area contributed by atoms with E-state index in [-0.39, 0.29) is 11.1 Å². The molecule has 0 saturated heterocycles. The van der Waals surface area contributed by atoms with Crippen LogP contribution >= 0.6 is 0 Å². The molecule has 0 fully saturated rings. The molecule has 2 atom stereocenters. The maximum atomic E-state index is 13.0. The van der Waals surface area contributed by atoms with Gasteiger partial charge in [0, 0.05) is 0 Å². The highest BCUT2D eigenvalue weighted by atomic mass is 16.5. The summed E-state index contributed by atoms with van der Waals surface area (Å²) in [6.45, 7) is 8.93. The van der Waals surface area contributed by atoms with Crippen LogP contribution in [0.4, 0.5) is 0 Å². The zero-order chi connectivity index (χ0) is 28.7. The van der Waals surface area contributed by atoms with Gasteiger partial charge in [-0.05, 0) is 72.2 Å². The molecule has 0 heterocycles. The molecule has 0 aromatic heterocycles. The van der Waals surface area contributed by atoms with Crippen LogP contribution in [0.15, 0.2) is 72.8 Å². The lowest BCUT2D eigenvalue weighted by molar-refractivity contribution is 0.0692. The van der Waals surface area contributed by atoms with Crippen molar-refractivity contribution in [2.75, 3.05) is 0 Å². The number of hydrogen-bond acceptors (Lipinski definition) is 4. The van der Waals surface area contributed by atoms with Crippen LogP contribution < -0.4 is 9.47 Å². The Bertz CT molecular complexity index is 1090. The first-order chi connectivity index (χ1) is 19.5. The van der Waals surface area contributed by atoms with Crippen LogP contribution in [0.2, 0.25) is 0 Å². The Kier molecular flexibility index (Phi) is 13.0. The molecule has 4 heteroatoms. The van der Waals surface area contributed by atoms with E-state index in [1.54, 1.807) is 24.3 Å². The van der Waals surface area contributed by atoms with Gasteiger partial charge >= 0.3 is 11.9 Å². The minimum atomic E-state index is -0.581. The third kappa shape index (κ3) is 9.66. The standard InChI is InChI=1S/C36H46O4/c1-5-9-13-27(7-3)25-29-17-21-31(22-18-29)39-35(37)33-15-11-12-16-34(33)36(38)40-32-23-19-30(20-24-32)26-28(8-4)14-10-6-2/h11-12,15-24,27-28H,5-10,13-14,25-26H2,1-4H3. The lowest BCUT2D eigenvalue weighted by Crippen LogP contribution is -2.17. The summed E-state index contributed by atoms with van der Waals surface area (Å²) in [6.07, 6.45) is 11.8. The fourth-order valence-electron chi connectivity index (χ4n) is 5.10. The van der Waals surface area contributed by atoms with E-state index in [2.05, 4.69) is 27.7 Å². The van der Waals surface area contributed by atoms with Crippen LogP contribution in [0.5, 0.6) is 11.5 Å². The van der Waals surface area contributed by atoms with E-state index >= 15 is 0 Å². The molecule has 3 aromatic rings. The van der Waals surface area contributed by atoms with Crippen molar-refractivity contribution in [2.24, 2.45) is 11.8 Å². The lowest BCUT2D eigenvalue weighted by Gasteiger charge is -2.15.